The van der Waals surface area contributed by atoms with Gasteiger partial charge >= 0.3 is 0 Å². The molecular formula is C14H17N3O. The first-order chi connectivity index (χ1) is 8.75. The van der Waals surface area contributed by atoms with Crippen LogP contribution in [-0.2, 0) is 4.74 Å². The Morgan fingerprint density at radius 3 is 3.11 bits per heavy atom. The molecule has 0 spiro atoms. The van der Waals surface area contributed by atoms with Gasteiger partial charge in [0.15, 0.2) is 0 Å². The Morgan fingerprint density at radius 1 is 1.39 bits per heavy atom. The molecule has 1 aliphatic rings. The van der Waals surface area contributed by atoms with Crippen molar-refractivity contribution in [3.05, 3.63) is 30.5 Å². The predicted molar refractivity (Wildman–Crippen MR) is 73.8 cm³/mol. The van der Waals surface area contributed by atoms with E-state index in [0.29, 0.717) is 0 Å². The lowest BCUT2D eigenvalue weighted by molar-refractivity contribution is 0.0533. The van der Waals surface area contributed by atoms with E-state index >= 15 is 0 Å². The van der Waals surface area contributed by atoms with Gasteiger partial charge in [0.1, 0.15) is 0 Å². The summed E-state index contributed by atoms with van der Waals surface area (Å²) in [5, 5.41) is 1.02. The van der Waals surface area contributed by atoms with Crippen LogP contribution in [0.25, 0.3) is 10.9 Å². The number of ether oxygens (including phenoxy) is 1. The number of pyridine rings is 1. The average Bonchev–Trinajstić information content (AvgIpc) is 2.39. The quantitative estimate of drug-likeness (QED) is 0.779. The molecule has 0 saturated carbocycles. The highest BCUT2D eigenvalue weighted by Gasteiger charge is 2.19. The fourth-order valence-electron chi connectivity index (χ4n) is 2.47. The summed E-state index contributed by atoms with van der Waals surface area (Å²) in [6, 6.07) is 7.96. The molecule has 0 amide bonds. The first kappa shape index (κ1) is 11.3. The number of aromatic nitrogens is 1. The topological polar surface area (TPSA) is 51.4 Å². The van der Waals surface area contributed by atoms with Gasteiger partial charge in [0.05, 0.1) is 23.9 Å². The van der Waals surface area contributed by atoms with Gasteiger partial charge in [0.2, 0.25) is 0 Å². The molecule has 3 rings (SSSR count). The van der Waals surface area contributed by atoms with Gasteiger partial charge < -0.3 is 15.4 Å². The minimum atomic E-state index is 0.259. The summed E-state index contributed by atoms with van der Waals surface area (Å²) in [7, 11) is 0. The van der Waals surface area contributed by atoms with Gasteiger partial charge in [-0.2, -0.15) is 0 Å². The van der Waals surface area contributed by atoms with Crippen LogP contribution in [-0.4, -0.2) is 30.8 Å². The highest BCUT2D eigenvalue weighted by Crippen LogP contribution is 2.30. The SMILES string of the molecule is CC1CN(c2ccc(N)c3cccnc23)CCO1. The van der Waals surface area contributed by atoms with Gasteiger partial charge in [0.25, 0.3) is 0 Å². The summed E-state index contributed by atoms with van der Waals surface area (Å²) in [5.41, 5.74) is 8.91. The van der Waals surface area contributed by atoms with Crippen LogP contribution in [0.3, 0.4) is 0 Å². The van der Waals surface area contributed by atoms with Crippen LogP contribution >= 0.6 is 0 Å². The number of anilines is 2. The summed E-state index contributed by atoms with van der Waals surface area (Å²) >= 11 is 0. The second-order valence-corrected chi connectivity index (χ2v) is 4.70. The van der Waals surface area contributed by atoms with Crippen LogP contribution in [0, 0.1) is 0 Å². The van der Waals surface area contributed by atoms with Crippen molar-refractivity contribution < 1.29 is 4.74 Å². The van der Waals surface area contributed by atoms with Crippen molar-refractivity contribution in [1.82, 2.24) is 4.98 Å². The summed E-state index contributed by atoms with van der Waals surface area (Å²) in [4.78, 5) is 6.80. The van der Waals surface area contributed by atoms with Crippen LogP contribution in [0.5, 0.6) is 0 Å². The predicted octanol–water partition coefficient (Wildman–Crippen LogP) is 2.04. The molecule has 94 valence electrons. The Kier molecular flexibility index (Phi) is 2.80. The molecule has 2 aromatic rings. The van der Waals surface area contributed by atoms with Crippen molar-refractivity contribution in [2.75, 3.05) is 30.3 Å². The van der Waals surface area contributed by atoms with Gasteiger partial charge in [-0.1, -0.05) is 0 Å². The van der Waals surface area contributed by atoms with Crippen molar-refractivity contribution in [3.8, 4) is 0 Å². The Labute approximate surface area is 106 Å². The largest absolute Gasteiger partial charge is 0.398 e. The van der Waals surface area contributed by atoms with E-state index in [1.165, 1.54) is 0 Å². The Balaban J connectivity index is 2.09. The lowest BCUT2D eigenvalue weighted by atomic mass is 10.1. The Bertz CT molecular complexity index is 570. The first-order valence-corrected chi connectivity index (χ1v) is 6.25. The molecule has 0 radical (unpaired) electrons. The standard InChI is InChI=1S/C14H17N3O/c1-10-9-17(7-8-18-10)13-5-4-12(15)11-3-2-6-16-14(11)13/h2-6,10H,7-9,15H2,1H3. The maximum Gasteiger partial charge on any atom is 0.0955 e. The molecule has 18 heavy (non-hydrogen) atoms. The minimum absolute atomic E-state index is 0.259. The first-order valence-electron chi connectivity index (χ1n) is 6.25. The molecular weight excluding hydrogens is 226 g/mol. The zero-order valence-corrected chi connectivity index (χ0v) is 10.5. The summed E-state index contributed by atoms with van der Waals surface area (Å²) in [5.74, 6) is 0. The number of hydrogen-bond acceptors (Lipinski definition) is 4. The monoisotopic (exact) mass is 243 g/mol. The number of hydrogen-bond donors (Lipinski definition) is 1. The van der Waals surface area contributed by atoms with E-state index in [2.05, 4.69) is 22.9 Å². The molecule has 1 fully saturated rings. The number of nitrogens with two attached hydrogens (primary N) is 1. The van der Waals surface area contributed by atoms with E-state index < -0.39 is 0 Å². The van der Waals surface area contributed by atoms with Gasteiger partial charge in [-0.25, -0.2) is 0 Å². The maximum atomic E-state index is 6.00. The van der Waals surface area contributed by atoms with E-state index in [9.17, 15) is 0 Å². The highest BCUT2D eigenvalue weighted by molar-refractivity contribution is 5.98. The van der Waals surface area contributed by atoms with E-state index in [1.807, 2.05) is 24.4 Å². The zero-order chi connectivity index (χ0) is 12.5. The maximum absolute atomic E-state index is 6.00. The summed E-state index contributed by atoms with van der Waals surface area (Å²) in [6.07, 6.45) is 2.07. The molecule has 4 nitrogen and oxygen atoms in total. The average molecular weight is 243 g/mol. The Morgan fingerprint density at radius 2 is 2.28 bits per heavy atom. The lowest BCUT2D eigenvalue weighted by Crippen LogP contribution is -2.41. The van der Waals surface area contributed by atoms with Crippen molar-refractivity contribution in [2.24, 2.45) is 0 Å². The van der Waals surface area contributed by atoms with Crippen LogP contribution in [0.4, 0.5) is 11.4 Å². The van der Waals surface area contributed by atoms with E-state index in [1.54, 1.807) is 0 Å². The lowest BCUT2D eigenvalue weighted by Gasteiger charge is -2.33. The number of morpholine rings is 1. The fraction of sp³-hybridized carbons (Fsp3) is 0.357. The van der Waals surface area contributed by atoms with Crippen molar-refractivity contribution >= 4 is 22.3 Å². The molecule has 1 saturated heterocycles. The third kappa shape index (κ3) is 1.88. The number of fused-ring (bicyclic) bond motifs is 1. The highest BCUT2D eigenvalue weighted by atomic mass is 16.5. The second-order valence-electron chi connectivity index (χ2n) is 4.70. The molecule has 1 atom stereocenters. The van der Waals surface area contributed by atoms with Gasteiger partial charge in [-0.05, 0) is 31.2 Å². The van der Waals surface area contributed by atoms with Crippen molar-refractivity contribution in [2.45, 2.75) is 13.0 Å². The Hall–Kier alpha value is -1.81. The van der Waals surface area contributed by atoms with Gasteiger partial charge in [-0.3, -0.25) is 4.98 Å². The van der Waals surface area contributed by atoms with Crippen LogP contribution in [0.2, 0.25) is 0 Å². The molecule has 1 aromatic carbocycles. The van der Waals surface area contributed by atoms with Crippen LogP contribution in [0.1, 0.15) is 6.92 Å². The molecule has 1 aromatic heterocycles. The molecule has 1 aliphatic heterocycles. The summed E-state index contributed by atoms with van der Waals surface area (Å²) < 4.78 is 5.58. The molecule has 0 bridgehead atoms. The number of nitrogen functional groups attached to an aromatic ring is 1. The molecule has 0 aliphatic carbocycles. The zero-order valence-electron chi connectivity index (χ0n) is 10.5. The molecule has 1 unspecified atom stereocenters. The van der Waals surface area contributed by atoms with Gasteiger partial charge in [-0.15, -0.1) is 0 Å². The molecule has 4 heteroatoms. The normalized spacial score (nSPS) is 20.3. The smallest absolute Gasteiger partial charge is 0.0955 e. The second kappa shape index (κ2) is 4.46. The van der Waals surface area contributed by atoms with Crippen LogP contribution in [0.15, 0.2) is 30.5 Å². The summed E-state index contributed by atoms with van der Waals surface area (Å²) in [6.45, 7) is 4.66. The van der Waals surface area contributed by atoms with Gasteiger partial charge in [0, 0.05) is 30.4 Å². The minimum Gasteiger partial charge on any atom is -0.398 e. The third-order valence-electron chi connectivity index (χ3n) is 3.36. The third-order valence-corrected chi connectivity index (χ3v) is 3.36. The fourth-order valence-corrected chi connectivity index (χ4v) is 2.47. The molecule has 2 N–H and O–H groups in total. The van der Waals surface area contributed by atoms with E-state index in [4.69, 9.17) is 10.5 Å². The number of benzene rings is 1. The number of rotatable bonds is 1. The number of nitrogens with zero attached hydrogens (tertiary/aromatic N) is 2. The van der Waals surface area contributed by atoms with E-state index in [0.717, 1.165) is 42.0 Å². The van der Waals surface area contributed by atoms with Crippen molar-refractivity contribution in [3.63, 3.8) is 0 Å². The van der Waals surface area contributed by atoms with Crippen molar-refractivity contribution in [1.29, 1.82) is 0 Å². The van der Waals surface area contributed by atoms with E-state index in [-0.39, 0.29) is 6.10 Å². The molecule has 2 heterocycles. The van der Waals surface area contributed by atoms with Crippen LogP contribution < -0.4 is 10.6 Å².